The lowest BCUT2D eigenvalue weighted by atomic mass is 9.92. The third-order valence-corrected chi connectivity index (χ3v) is 3.63. The smallest absolute Gasteiger partial charge is 0.258 e. The first-order valence-corrected chi connectivity index (χ1v) is 7.09. The average Bonchev–Trinajstić information content (AvgIpc) is 2.48. The van der Waals surface area contributed by atoms with Crippen LogP contribution in [0.15, 0.2) is 24.3 Å². The zero-order chi connectivity index (χ0) is 14.4. The molecule has 4 N–H and O–H groups in total. The van der Waals surface area contributed by atoms with E-state index in [1.807, 2.05) is 18.2 Å². The lowest BCUT2D eigenvalue weighted by Crippen LogP contribution is -2.46. The van der Waals surface area contributed by atoms with Crippen LogP contribution in [0.4, 0.5) is 0 Å². The maximum absolute atomic E-state index is 11.9. The van der Waals surface area contributed by atoms with Crippen LogP contribution in [-0.4, -0.2) is 29.8 Å². The van der Waals surface area contributed by atoms with Gasteiger partial charge in [-0.25, -0.2) is 0 Å². The van der Waals surface area contributed by atoms with Gasteiger partial charge in [0.25, 0.3) is 5.91 Å². The molecular formula is C15H22N2O3. The van der Waals surface area contributed by atoms with Gasteiger partial charge in [0, 0.05) is 12.1 Å². The molecule has 2 rings (SSSR count). The Morgan fingerprint density at radius 2 is 2.10 bits per heavy atom. The Balaban J connectivity index is 1.82. The minimum atomic E-state index is -0.441. The number of hydrogen-bond acceptors (Lipinski definition) is 4. The molecule has 1 fully saturated rings. The van der Waals surface area contributed by atoms with Gasteiger partial charge >= 0.3 is 0 Å². The fraction of sp³-hybridized carbons (Fsp3) is 0.533. The monoisotopic (exact) mass is 278 g/mol. The van der Waals surface area contributed by atoms with Crippen molar-refractivity contribution in [3.63, 3.8) is 0 Å². The number of nitrogens with two attached hydrogens (primary N) is 1. The lowest BCUT2D eigenvalue weighted by Gasteiger charge is -2.28. The highest BCUT2D eigenvalue weighted by Crippen LogP contribution is 2.19. The summed E-state index contributed by atoms with van der Waals surface area (Å²) in [6.45, 7) is 0.319. The Morgan fingerprint density at radius 3 is 2.85 bits per heavy atom. The number of nitrogens with one attached hydrogen (secondary N) is 1. The van der Waals surface area contributed by atoms with Crippen LogP contribution in [0.2, 0.25) is 0 Å². The van der Waals surface area contributed by atoms with Crippen LogP contribution in [0.25, 0.3) is 0 Å². The summed E-state index contributed by atoms with van der Waals surface area (Å²) in [6, 6.07) is 7.25. The molecule has 0 radical (unpaired) electrons. The number of ether oxygens (including phenoxy) is 1. The zero-order valence-corrected chi connectivity index (χ0v) is 11.5. The Morgan fingerprint density at radius 1 is 1.35 bits per heavy atom. The molecule has 1 saturated carbocycles. The second kappa shape index (κ2) is 7.26. The summed E-state index contributed by atoms with van der Waals surface area (Å²) in [7, 11) is 0. The Hall–Kier alpha value is -1.59. The van der Waals surface area contributed by atoms with Gasteiger partial charge in [-0.2, -0.15) is 0 Å². The first kappa shape index (κ1) is 14.8. The minimum Gasteiger partial charge on any atom is -0.483 e. The average molecular weight is 278 g/mol. The molecule has 110 valence electrons. The third-order valence-electron chi connectivity index (χ3n) is 3.63. The molecule has 1 aromatic carbocycles. The Kier molecular flexibility index (Phi) is 5.38. The van der Waals surface area contributed by atoms with Gasteiger partial charge in [0.05, 0.1) is 12.1 Å². The van der Waals surface area contributed by atoms with Crippen LogP contribution in [0.5, 0.6) is 5.75 Å². The predicted molar refractivity (Wildman–Crippen MR) is 76.2 cm³/mol. The summed E-state index contributed by atoms with van der Waals surface area (Å²) >= 11 is 0. The number of carbonyl (C=O) groups is 1. The van der Waals surface area contributed by atoms with Gasteiger partial charge in [-0.15, -0.1) is 0 Å². The van der Waals surface area contributed by atoms with E-state index in [2.05, 4.69) is 5.32 Å². The van der Waals surface area contributed by atoms with E-state index >= 15 is 0 Å². The minimum absolute atomic E-state index is 0.0553. The number of carbonyl (C=O) groups excluding carboxylic acids is 1. The number of hydrogen-bond donors (Lipinski definition) is 3. The van der Waals surface area contributed by atoms with Gasteiger partial charge in [-0.05, 0) is 18.9 Å². The molecule has 2 atom stereocenters. The maximum atomic E-state index is 11.9. The van der Waals surface area contributed by atoms with E-state index in [1.54, 1.807) is 6.07 Å². The standard InChI is InChI=1S/C15H22N2O3/c16-9-11-5-1-4-8-14(11)20-10-15(19)17-12-6-2-3-7-13(12)18/h1,4-5,8,12-13,18H,2-3,6-7,9-10,16H2,(H,17,19)/t12-,13-/m1/s1. The molecule has 1 aromatic rings. The number of aliphatic hydroxyl groups is 1. The highest BCUT2D eigenvalue weighted by Gasteiger charge is 2.24. The van der Waals surface area contributed by atoms with Crippen molar-refractivity contribution < 1.29 is 14.6 Å². The van der Waals surface area contributed by atoms with Crippen molar-refractivity contribution in [2.24, 2.45) is 5.73 Å². The molecular weight excluding hydrogens is 256 g/mol. The third kappa shape index (κ3) is 3.95. The number of para-hydroxylation sites is 1. The molecule has 0 unspecified atom stereocenters. The van der Waals surface area contributed by atoms with Crippen molar-refractivity contribution in [1.29, 1.82) is 0 Å². The molecule has 5 nitrogen and oxygen atoms in total. The first-order valence-electron chi connectivity index (χ1n) is 7.09. The van der Waals surface area contributed by atoms with Crippen molar-refractivity contribution in [3.05, 3.63) is 29.8 Å². The topological polar surface area (TPSA) is 84.6 Å². The quantitative estimate of drug-likeness (QED) is 0.748. The van der Waals surface area contributed by atoms with Crippen LogP contribution in [0, 0.1) is 0 Å². The summed E-state index contributed by atoms with van der Waals surface area (Å²) in [5.74, 6) is 0.428. The van der Waals surface area contributed by atoms with Crippen molar-refractivity contribution in [2.45, 2.75) is 44.4 Å². The van der Waals surface area contributed by atoms with Gasteiger partial charge in [0.2, 0.25) is 0 Å². The molecule has 1 aliphatic carbocycles. The summed E-state index contributed by atoms with van der Waals surface area (Å²) in [5.41, 5.74) is 6.48. The van der Waals surface area contributed by atoms with E-state index in [-0.39, 0.29) is 18.6 Å². The highest BCUT2D eigenvalue weighted by atomic mass is 16.5. The zero-order valence-electron chi connectivity index (χ0n) is 11.5. The molecule has 0 spiro atoms. The molecule has 1 aliphatic rings. The molecule has 20 heavy (non-hydrogen) atoms. The van der Waals surface area contributed by atoms with Gasteiger partial charge in [0.1, 0.15) is 5.75 Å². The lowest BCUT2D eigenvalue weighted by molar-refractivity contribution is -0.125. The maximum Gasteiger partial charge on any atom is 0.258 e. The second-order valence-corrected chi connectivity index (χ2v) is 5.13. The number of amides is 1. The summed E-state index contributed by atoms with van der Waals surface area (Å²) in [4.78, 5) is 11.9. The van der Waals surface area contributed by atoms with Crippen molar-refractivity contribution in [3.8, 4) is 5.75 Å². The van der Waals surface area contributed by atoms with Gasteiger partial charge in [0.15, 0.2) is 6.61 Å². The molecule has 0 aliphatic heterocycles. The number of benzene rings is 1. The van der Waals surface area contributed by atoms with Crippen molar-refractivity contribution >= 4 is 5.91 Å². The molecule has 0 aromatic heterocycles. The van der Waals surface area contributed by atoms with Gasteiger partial charge < -0.3 is 20.9 Å². The molecule has 0 heterocycles. The normalized spacial score (nSPS) is 22.3. The summed E-state index contributed by atoms with van der Waals surface area (Å²) in [6.07, 6.45) is 3.20. The van der Waals surface area contributed by atoms with Crippen molar-refractivity contribution in [2.75, 3.05) is 6.61 Å². The molecule has 0 saturated heterocycles. The van der Waals surface area contributed by atoms with Crippen molar-refractivity contribution in [1.82, 2.24) is 5.32 Å². The molecule has 0 bridgehead atoms. The number of aliphatic hydroxyl groups excluding tert-OH is 1. The van der Waals surface area contributed by atoms with Crippen LogP contribution in [0.3, 0.4) is 0 Å². The Bertz CT molecular complexity index is 450. The predicted octanol–water partition coefficient (Wildman–Crippen LogP) is 0.944. The second-order valence-electron chi connectivity index (χ2n) is 5.13. The molecule has 1 amide bonds. The fourth-order valence-corrected chi connectivity index (χ4v) is 2.48. The van der Waals surface area contributed by atoms with E-state index in [9.17, 15) is 9.90 Å². The largest absolute Gasteiger partial charge is 0.483 e. The van der Waals surface area contributed by atoms with Gasteiger partial charge in [-0.3, -0.25) is 4.79 Å². The van der Waals surface area contributed by atoms with Crippen LogP contribution >= 0.6 is 0 Å². The summed E-state index contributed by atoms with van der Waals surface area (Å²) < 4.78 is 5.49. The SMILES string of the molecule is NCc1ccccc1OCC(=O)N[C@@H]1CCCC[C@H]1O. The van der Waals surface area contributed by atoms with Crippen LogP contribution < -0.4 is 15.8 Å². The van der Waals surface area contributed by atoms with E-state index in [4.69, 9.17) is 10.5 Å². The van der Waals surface area contributed by atoms with Crippen LogP contribution in [-0.2, 0) is 11.3 Å². The summed E-state index contributed by atoms with van der Waals surface area (Å²) in [5, 5.41) is 12.6. The Labute approximate surface area is 119 Å². The fourth-order valence-electron chi connectivity index (χ4n) is 2.48. The van der Waals surface area contributed by atoms with E-state index < -0.39 is 6.10 Å². The van der Waals surface area contributed by atoms with E-state index in [0.29, 0.717) is 12.3 Å². The molecule has 5 heteroatoms. The van der Waals surface area contributed by atoms with E-state index in [0.717, 1.165) is 31.2 Å². The number of rotatable bonds is 5. The van der Waals surface area contributed by atoms with Gasteiger partial charge in [-0.1, -0.05) is 31.0 Å². The highest BCUT2D eigenvalue weighted by molar-refractivity contribution is 5.78. The first-order chi connectivity index (χ1) is 9.70. The van der Waals surface area contributed by atoms with E-state index in [1.165, 1.54) is 0 Å². The van der Waals surface area contributed by atoms with Crippen LogP contribution in [0.1, 0.15) is 31.2 Å².